The van der Waals surface area contributed by atoms with E-state index in [2.05, 4.69) is 0 Å². The number of hydrogen-bond acceptors (Lipinski definition) is 3. The van der Waals surface area contributed by atoms with Crippen LogP contribution in [0.5, 0.6) is 5.75 Å². The first-order valence-electron chi connectivity index (χ1n) is 6.57. The van der Waals surface area contributed by atoms with E-state index in [0.29, 0.717) is 29.3 Å². The molecule has 0 unspecified atom stereocenters. The van der Waals surface area contributed by atoms with Crippen LogP contribution in [0.4, 0.5) is 0 Å². The lowest BCUT2D eigenvalue weighted by Crippen LogP contribution is -2.32. The summed E-state index contributed by atoms with van der Waals surface area (Å²) in [7, 11) is 1.65. The van der Waals surface area contributed by atoms with E-state index in [0.717, 1.165) is 5.56 Å². The molecule has 112 valence electrons. The van der Waals surface area contributed by atoms with Gasteiger partial charge in [-0.1, -0.05) is 11.6 Å². The number of carboxylic acid groups (broad SMARTS) is 1. The summed E-state index contributed by atoms with van der Waals surface area (Å²) in [4.78, 5) is 24.2. The number of rotatable bonds is 5. The summed E-state index contributed by atoms with van der Waals surface area (Å²) in [5.74, 6) is -0.324. The fourth-order valence-corrected chi connectivity index (χ4v) is 2.27. The van der Waals surface area contributed by atoms with Crippen LogP contribution in [-0.4, -0.2) is 42.1 Å². The van der Waals surface area contributed by atoms with E-state index in [1.807, 2.05) is 0 Å². The van der Waals surface area contributed by atoms with E-state index in [-0.39, 0.29) is 18.9 Å². The van der Waals surface area contributed by atoms with Crippen molar-refractivity contribution in [3.63, 3.8) is 0 Å². The molecule has 1 aromatic rings. The third-order valence-electron chi connectivity index (χ3n) is 3.19. The molecular formula is C15H16ClNO4. The van der Waals surface area contributed by atoms with Crippen molar-refractivity contribution in [1.29, 1.82) is 0 Å². The zero-order valence-corrected chi connectivity index (χ0v) is 12.4. The van der Waals surface area contributed by atoms with Gasteiger partial charge in [0.1, 0.15) is 12.4 Å². The first-order valence-corrected chi connectivity index (χ1v) is 6.95. The maximum absolute atomic E-state index is 12.3. The molecule has 1 amide bonds. The van der Waals surface area contributed by atoms with Crippen LogP contribution in [0.2, 0.25) is 5.02 Å². The number of carbonyl (C=O) groups excluding carboxylic acids is 1. The average Bonchev–Trinajstić information content (AvgIpc) is 2.45. The fourth-order valence-electron chi connectivity index (χ4n) is 2.09. The summed E-state index contributed by atoms with van der Waals surface area (Å²) in [6.45, 7) is 0.599. The van der Waals surface area contributed by atoms with Gasteiger partial charge in [0.2, 0.25) is 0 Å². The van der Waals surface area contributed by atoms with Crippen molar-refractivity contribution in [1.82, 2.24) is 4.90 Å². The van der Waals surface area contributed by atoms with Crippen molar-refractivity contribution < 1.29 is 19.4 Å². The van der Waals surface area contributed by atoms with Gasteiger partial charge in [-0.15, -0.1) is 0 Å². The zero-order valence-electron chi connectivity index (χ0n) is 11.6. The smallest absolute Gasteiger partial charge is 0.303 e. The quantitative estimate of drug-likeness (QED) is 0.907. The van der Waals surface area contributed by atoms with Crippen molar-refractivity contribution in [3.8, 4) is 5.75 Å². The second kappa shape index (κ2) is 6.63. The summed E-state index contributed by atoms with van der Waals surface area (Å²) < 4.78 is 5.54. The summed E-state index contributed by atoms with van der Waals surface area (Å²) in [5, 5.41) is 9.18. The number of carbonyl (C=O) groups is 2. The molecule has 0 saturated heterocycles. The van der Waals surface area contributed by atoms with Gasteiger partial charge in [-0.2, -0.15) is 0 Å². The van der Waals surface area contributed by atoms with E-state index >= 15 is 0 Å². The molecule has 0 bridgehead atoms. The van der Waals surface area contributed by atoms with Crippen molar-refractivity contribution in [3.05, 3.63) is 34.4 Å². The molecule has 0 aliphatic carbocycles. The second-order valence-electron chi connectivity index (χ2n) is 4.86. The van der Waals surface area contributed by atoms with E-state index in [1.165, 1.54) is 4.90 Å². The van der Waals surface area contributed by atoms with Gasteiger partial charge in [0.05, 0.1) is 5.57 Å². The van der Waals surface area contributed by atoms with Crippen molar-refractivity contribution in [2.45, 2.75) is 12.8 Å². The van der Waals surface area contributed by atoms with Gasteiger partial charge in [-0.25, -0.2) is 0 Å². The van der Waals surface area contributed by atoms with Crippen LogP contribution >= 0.6 is 11.6 Å². The third-order valence-corrected chi connectivity index (χ3v) is 3.43. The summed E-state index contributed by atoms with van der Waals surface area (Å²) >= 11 is 5.93. The third kappa shape index (κ3) is 3.98. The van der Waals surface area contributed by atoms with Crippen molar-refractivity contribution in [2.75, 3.05) is 20.2 Å². The Morgan fingerprint density at radius 1 is 1.43 bits per heavy atom. The highest BCUT2D eigenvalue weighted by Gasteiger charge is 2.20. The fraction of sp³-hybridized carbons (Fsp3) is 0.333. The Morgan fingerprint density at radius 2 is 2.19 bits per heavy atom. The largest absolute Gasteiger partial charge is 0.488 e. The van der Waals surface area contributed by atoms with Crippen molar-refractivity contribution in [2.24, 2.45) is 0 Å². The maximum atomic E-state index is 12.3. The summed E-state index contributed by atoms with van der Waals surface area (Å²) in [6.07, 6.45) is 2.24. The Morgan fingerprint density at radius 3 is 2.90 bits per heavy atom. The molecule has 0 fully saturated rings. The van der Waals surface area contributed by atoms with Crippen LogP contribution in [0, 0.1) is 0 Å². The second-order valence-corrected chi connectivity index (χ2v) is 5.30. The number of likely N-dealkylation sites (N-methyl/N-ethyl adjacent to an activating group) is 1. The number of ether oxygens (including phenoxy) is 1. The van der Waals surface area contributed by atoms with Crippen LogP contribution in [-0.2, 0) is 9.59 Å². The van der Waals surface area contributed by atoms with Gasteiger partial charge in [0, 0.05) is 30.6 Å². The van der Waals surface area contributed by atoms with Gasteiger partial charge in [-0.3, -0.25) is 9.59 Å². The highest BCUT2D eigenvalue weighted by atomic mass is 35.5. The minimum Gasteiger partial charge on any atom is -0.488 e. The molecule has 21 heavy (non-hydrogen) atoms. The Bertz CT molecular complexity index is 597. The number of amides is 1. The molecule has 1 heterocycles. The number of hydrogen-bond donors (Lipinski definition) is 1. The Balaban J connectivity index is 2.04. The Hall–Kier alpha value is -2.01. The molecule has 2 rings (SSSR count). The molecule has 0 atom stereocenters. The number of aliphatic carboxylic acids is 1. The molecule has 0 aromatic heterocycles. The topological polar surface area (TPSA) is 66.8 Å². The van der Waals surface area contributed by atoms with Crippen LogP contribution < -0.4 is 4.74 Å². The van der Waals surface area contributed by atoms with Gasteiger partial charge in [0.25, 0.3) is 5.91 Å². The molecule has 1 aliphatic rings. The predicted octanol–water partition coefficient (Wildman–Crippen LogP) is 2.44. The molecule has 6 heteroatoms. The molecule has 5 nitrogen and oxygen atoms in total. The van der Waals surface area contributed by atoms with Crippen LogP contribution in [0.1, 0.15) is 18.4 Å². The van der Waals surface area contributed by atoms with Crippen LogP contribution in [0.25, 0.3) is 6.08 Å². The average molecular weight is 310 g/mol. The molecule has 0 spiro atoms. The van der Waals surface area contributed by atoms with E-state index in [9.17, 15) is 9.59 Å². The summed E-state index contributed by atoms with van der Waals surface area (Å²) in [5.41, 5.74) is 1.30. The predicted molar refractivity (Wildman–Crippen MR) is 79.4 cm³/mol. The lowest BCUT2D eigenvalue weighted by Gasteiger charge is -2.22. The normalized spacial score (nSPS) is 13.0. The molecular weight excluding hydrogens is 294 g/mol. The Labute approximate surface area is 127 Å². The van der Waals surface area contributed by atoms with Crippen LogP contribution in [0.3, 0.4) is 0 Å². The number of carboxylic acids is 1. The maximum Gasteiger partial charge on any atom is 0.303 e. The van der Waals surface area contributed by atoms with Crippen LogP contribution in [0.15, 0.2) is 23.8 Å². The van der Waals surface area contributed by atoms with Gasteiger partial charge in [-0.05, 0) is 30.7 Å². The number of fused-ring (bicyclic) bond motifs is 1. The van der Waals surface area contributed by atoms with Gasteiger partial charge < -0.3 is 14.7 Å². The molecule has 0 radical (unpaired) electrons. The highest BCUT2D eigenvalue weighted by Crippen LogP contribution is 2.29. The molecule has 1 aromatic carbocycles. The zero-order chi connectivity index (χ0) is 15.4. The van der Waals surface area contributed by atoms with Gasteiger partial charge >= 0.3 is 5.97 Å². The van der Waals surface area contributed by atoms with Gasteiger partial charge in [0.15, 0.2) is 0 Å². The minimum absolute atomic E-state index is 0.0472. The van der Waals surface area contributed by atoms with E-state index in [1.54, 1.807) is 31.3 Å². The SMILES string of the molecule is CN(CCCC(=O)O)C(=O)C1=Cc2cc(Cl)ccc2OC1. The Kier molecular flexibility index (Phi) is 4.85. The minimum atomic E-state index is -0.861. The first-order chi connectivity index (χ1) is 9.97. The molecule has 1 aliphatic heterocycles. The first kappa shape index (κ1) is 15.4. The highest BCUT2D eigenvalue weighted by molar-refractivity contribution is 6.30. The standard InChI is InChI=1S/C15H16ClNO4/c1-17(6-2-3-14(18)19)15(20)11-7-10-8-12(16)4-5-13(10)21-9-11/h4-5,7-8H,2-3,6,9H2,1H3,(H,18,19). The van der Waals surface area contributed by atoms with E-state index < -0.39 is 5.97 Å². The summed E-state index contributed by atoms with van der Waals surface area (Å²) in [6, 6.07) is 5.25. The lowest BCUT2D eigenvalue weighted by atomic mass is 10.1. The number of halogens is 1. The van der Waals surface area contributed by atoms with Crippen molar-refractivity contribution >= 4 is 29.6 Å². The van der Waals surface area contributed by atoms with E-state index in [4.69, 9.17) is 21.4 Å². The monoisotopic (exact) mass is 309 g/mol. The molecule has 0 saturated carbocycles. The lowest BCUT2D eigenvalue weighted by molar-refractivity contribution is -0.137. The molecule has 1 N–H and O–H groups in total. The number of benzene rings is 1. The number of nitrogens with zero attached hydrogens (tertiary/aromatic N) is 1.